The van der Waals surface area contributed by atoms with E-state index in [1.807, 2.05) is 39.8 Å². The topological polar surface area (TPSA) is 66.4 Å². The van der Waals surface area contributed by atoms with E-state index in [1.54, 1.807) is 12.1 Å². The van der Waals surface area contributed by atoms with Gasteiger partial charge >= 0.3 is 5.97 Å². The number of carboxylic acids is 1. The number of carbonyl (C=O) groups is 2. The van der Waals surface area contributed by atoms with Crippen LogP contribution in [0.3, 0.4) is 0 Å². The molecule has 4 heteroatoms. The summed E-state index contributed by atoms with van der Waals surface area (Å²) >= 11 is 0. The van der Waals surface area contributed by atoms with Crippen LogP contribution in [0.5, 0.6) is 0 Å². The minimum absolute atomic E-state index is 0.0822. The lowest BCUT2D eigenvalue weighted by Gasteiger charge is -2.30. The average Bonchev–Trinajstić information content (AvgIpc) is 2.26. The number of aryl methyl sites for hydroxylation is 1. The van der Waals surface area contributed by atoms with Crippen molar-refractivity contribution in [2.75, 3.05) is 0 Å². The molecule has 4 nitrogen and oxygen atoms in total. The molecule has 1 amide bonds. The van der Waals surface area contributed by atoms with E-state index in [1.165, 1.54) is 0 Å². The number of benzene rings is 1. The maximum atomic E-state index is 12.2. The Balaban J connectivity index is 2.88. The number of hydrogen-bond donors (Lipinski definition) is 2. The van der Waals surface area contributed by atoms with Crippen LogP contribution >= 0.6 is 0 Å². The third-order valence-corrected chi connectivity index (χ3v) is 3.12. The van der Waals surface area contributed by atoms with Gasteiger partial charge in [-0.3, -0.25) is 9.59 Å². The highest BCUT2D eigenvalue weighted by atomic mass is 16.4. The normalized spacial score (nSPS) is 12.8. The Morgan fingerprint density at radius 2 is 1.84 bits per heavy atom. The van der Waals surface area contributed by atoms with Crippen molar-refractivity contribution in [1.29, 1.82) is 0 Å². The molecule has 104 valence electrons. The number of carboxylic acid groups (broad SMARTS) is 1. The molecule has 0 aliphatic carbocycles. The van der Waals surface area contributed by atoms with Gasteiger partial charge in [0.1, 0.15) is 0 Å². The van der Waals surface area contributed by atoms with E-state index < -0.39 is 12.0 Å². The monoisotopic (exact) mass is 263 g/mol. The van der Waals surface area contributed by atoms with Crippen LogP contribution in [0.15, 0.2) is 24.3 Å². The van der Waals surface area contributed by atoms with E-state index in [2.05, 4.69) is 5.32 Å². The first kappa shape index (κ1) is 15.2. The molecule has 1 aromatic carbocycles. The van der Waals surface area contributed by atoms with Crippen molar-refractivity contribution in [3.8, 4) is 0 Å². The van der Waals surface area contributed by atoms with Crippen LogP contribution in [0.4, 0.5) is 0 Å². The van der Waals surface area contributed by atoms with Crippen molar-refractivity contribution in [3.05, 3.63) is 35.4 Å². The summed E-state index contributed by atoms with van der Waals surface area (Å²) in [5, 5.41) is 11.8. The van der Waals surface area contributed by atoms with Gasteiger partial charge in [0, 0.05) is 11.6 Å². The van der Waals surface area contributed by atoms with Crippen LogP contribution in [0.1, 0.15) is 43.1 Å². The molecule has 0 aliphatic heterocycles. The van der Waals surface area contributed by atoms with Crippen molar-refractivity contribution in [2.24, 2.45) is 5.41 Å². The lowest BCUT2D eigenvalue weighted by molar-refractivity contribution is -0.138. The number of carbonyl (C=O) groups excluding carboxylic acids is 1. The summed E-state index contributed by atoms with van der Waals surface area (Å²) in [6, 6.07) is 6.86. The maximum absolute atomic E-state index is 12.2. The Hall–Kier alpha value is -1.84. The first-order valence-corrected chi connectivity index (χ1v) is 6.30. The zero-order chi connectivity index (χ0) is 14.6. The summed E-state index contributed by atoms with van der Waals surface area (Å²) in [7, 11) is 0. The zero-order valence-electron chi connectivity index (χ0n) is 11.9. The molecule has 1 unspecified atom stereocenters. The molecule has 1 atom stereocenters. The fourth-order valence-corrected chi connectivity index (χ4v) is 1.81. The second kappa shape index (κ2) is 5.87. The van der Waals surface area contributed by atoms with Gasteiger partial charge in [-0.2, -0.15) is 0 Å². The molecule has 0 aliphatic rings. The van der Waals surface area contributed by atoms with Crippen molar-refractivity contribution in [3.63, 3.8) is 0 Å². The van der Waals surface area contributed by atoms with E-state index in [-0.39, 0.29) is 17.7 Å². The molecule has 1 rings (SSSR count). The molecular formula is C15H21NO3. The smallest absolute Gasteiger partial charge is 0.305 e. The molecule has 0 bridgehead atoms. The second-order valence-corrected chi connectivity index (χ2v) is 5.80. The predicted octanol–water partition coefficient (Wildman–Crippen LogP) is 2.61. The van der Waals surface area contributed by atoms with E-state index >= 15 is 0 Å². The molecule has 2 N–H and O–H groups in total. The Morgan fingerprint density at radius 3 is 2.32 bits per heavy atom. The zero-order valence-corrected chi connectivity index (χ0v) is 11.9. The summed E-state index contributed by atoms with van der Waals surface area (Å²) in [6.45, 7) is 7.61. The number of rotatable bonds is 4. The number of nitrogens with one attached hydrogen (secondary N) is 1. The summed E-state index contributed by atoms with van der Waals surface area (Å²) in [5.41, 5.74) is 1.15. The largest absolute Gasteiger partial charge is 0.481 e. The van der Waals surface area contributed by atoms with Crippen LogP contribution < -0.4 is 5.32 Å². The van der Waals surface area contributed by atoms with Crippen LogP contribution in [0, 0.1) is 12.3 Å². The minimum Gasteiger partial charge on any atom is -0.481 e. The average molecular weight is 263 g/mol. The van der Waals surface area contributed by atoms with Crippen molar-refractivity contribution >= 4 is 11.9 Å². The minimum atomic E-state index is -0.912. The highest BCUT2D eigenvalue weighted by Gasteiger charge is 2.28. The molecule has 1 aromatic rings. The predicted molar refractivity (Wildman–Crippen MR) is 74.1 cm³/mol. The van der Waals surface area contributed by atoms with Crippen molar-refractivity contribution < 1.29 is 14.7 Å². The molecule has 0 aromatic heterocycles. The SMILES string of the molecule is Cc1ccccc1C(=O)NC(CC(=O)O)C(C)(C)C. The quantitative estimate of drug-likeness (QED) is 0.877. The standard InChI is InChI=1S/C15H21NO3/c1-10-7-5-6-8-11(10)14(19)16-12(9-13(17)18)15(2,3)4/h5-8,12H,9H2,1-4H3,(H,16,19)(H,17,18). The van der Waals surface area contributed by atoms with Gasteiger partial charge in [0.05, 0.1) is 6.42 Å². The lowest BCUT2D eigenvalue weighted by atomic mass is 9.84. The van der Waals surface area contributed by atoms with Gasteiger partial charge in [-0.05, 0) is 24.0 Å². The molecular weight excluding hydrogens is 242 g/mol. The summed E-state index contributed by atoms with van der Waals surface area (Å²) in [4.78, 5) is 23.1. The van der Waals surface area contributed by atoms with E-state index in [9.17, 15) is 9.59 Å². The van der Waals surface area contributed by atoms with E-state index in [0.29, 0.717) is 5.56 Å². The molecule has 0 heterocycles. The van der Waals surface area contributed by atoms with E-state index in [0.717, 1.165) is 5.56 Å². The molecule has 0 saturated carbocycles. The Kier molecular flexibility index (Phi) is 4.70. The van der Waals surface area contributed by atoms with Crippen molar-refractivity contribution in [2.45, 2.75) is 40.2 Å². The number of hydrogen-bond acceptors (Lipinski definition) is 2. The molecule has 0 saturated heterocycles. The molecule has 0 spiro atoms. The van der Waals surface area contributed by atoms with Gasteiger partial charge in [0.15, 0.2) is 0 Å². The summed E-state index contributed by atoms with van der Waals surface area (Å²) in [6.07, 6.45) is -0.0822. The van der Waals surface area contributed by atoms with Gasteiger partial charge in [-0.1, -0.05) is 39.0 Å². The lowest BCUT2D eigenvalue weighted by Crippen LogP contribution is -2.45. The van der Waals surface area contributed by atoms with E-state index in [4.69, 9.17) is 5.11 Å². The van der Waals surface area contributed by atoms with Gasteiger partial charge in [0.2, 0.25) is 0 Å². The number of amides is 1. The maximum Gasteiger partial charge on any atom is 0.305 e. The Morgan fingerprint density at radius 1 is 1.26 bits per heavy atom. The molecule has 0 fully saturated rings. The Bertz CT molecular complexity index is 475. The van der Waals surface area contributed by atoms with Crippen LogP contribution in [-0.2, 0) is 4.79 Å². The first-order valence-electron chi connectivity index (χ1n) is 6.30. The number of aliphatic carboxylic acids is 1. The van der Waals surface area contributed by atoms with Gasteiger partial charge < -0.3 is 10.4 Å². The third-order valence-electron chi connectivity index (χ3n) is 3.12. The second-order valence-electron chi connectivity index (χ2n) is 5.80. The molecule has 19 heavy (non-hydrogen) atoms. The first-order chi connectivity index (χ1) is 8.71. The fraction of sp³-hybridized carbons (Fsp3) is 0.467. The van der Waals surface area contributed by atoms with Crippen LogP contribution in [0.25, 0.3) is 0 Å². The Labute approximate surface area is 113 Å². The van der Waals surface area contributed by atoms with Gasteiger partial charge in [0.25, 0.3) is 5.91 Å². The van der Waals surface area contributed by atoms with Gasteiger partial charge in [-0.15, -0.1) is 0 Å². The van der Waals surface area contributed by atoms with Crippen LogP contribution in [-0.4, -0.2) is 23.0 Å². The van der Waals surface area contributed by atoms with Crippen LogP contribution in [0.2, 0.25) is 0 Å². The highest BCUT2D eigenvalue weighted by molar-refractivity contribution is 5.96. The molecule has 0 radical (unpaired) electrons. The van der Waals surface area contributed by atoms with Gasteiger partial charge in [-0.25, -0.2) is 0 Å². The summed E-state index contributed by atoms with van der Waals surface area (Å²) in [5.74, 6) is -1.13. The summed E-state index contributed by atoms with van der Waals surface area (Å²) < 4.78 is 0. The third kappa shape index (κ3) is 4.39. The highest BCUT2D eigenvalue weighted by Crippen LogP contribution is 2.22. The van der Waals surface area contributed by atoms with Crippen molar-refractivity contribution in [1.82, 2.24) is 5.32 Å². The fourth-order valence-electron chi connectivity index (χ4n) is 1.81.